The van der Waals surface area contributed by atoms with Crippen LogP contribution in [0.4, 0.5) is 4.39 Å². The first-order chi connectivity index (χ1) is 16.9. The van der Waals surface area contributed by atoms with Crippen molar-refractivity contribution >= 4 is 17.4 Å². The molecule has 0 radical (unpaired) electrons. The van der Waals surface area contributed by atoms with Crippen LogP contribution in [0.25, 0.3) is 5.76 Å². The van der Waals surface area contributed by atoms with E-state index in [1.54, 1.807) is 24.3 Å². The van der Waals surface area contributed by atoms with E-state index in [0.717, 1.165) is 50.9 Å². The molecule has 188 valence electrons. The largest absolute Gasteiger partial charge is 0.507 e. The van der Waals surface area contributed by atoms with E-state index < -0.39 is 23.5 Å². The van der Waals surface area contributed by atoms with Gasteiger partial charge in [0.25, 0.3) is 11.7 Å². The highest BCUT2D eigenvalue weighted by Crippen LogP contribution is 2.39. The number of amides is 1. The monoisotopic (exact) mass is 480 g/mol. The molecule has 1 saturated heterocycles. The quantitative estimate of drug-likeness (QED) is 0.235. The third-order valence-corrected chi connectivity index (χ3v) is 6.56. The number of ketones is 1. The van der Waals surface area contributed by atoms with Gasteiger partial charge in [-0.1, -0.05) is 68.7 Å². The Bertz CT molecular complexity index is 1040. The third kappa shape index (κ3) is 6.57. The highest BCUT2D eigenvalue weighted by Gasteiger charge is 2.45. The molecule has 35 heavy (non-hydrogen) atoms. The van der Waals surface area contributed by atoms with E-state index in [9.17, 15) is 19.1 Å². The fourth-order valence-corrected chi connectivity index (χ4v) is 4.56. The lowest BCUT2D eigenvalue weighted by molar-refractivity contribution is -0.140. The number of hydrogen-bond donors (Lipinski definition) is 1. The maximum atomic E-state index is 14.2. The molecule has 2 aromatic rings. The smallest absolute Gasteiger partial charge is 0.295 e. The minimum Gasteiger partial charge on any atom is -0.507 e. The number of carbonyl (C=O) groups excluding carboxylic acids is 2. The lowest BCUT2D eigenvalue weighted by Crippen LogP contribution is -2.34. The summed E-state index contributed by atoms with van der Waals surface area (Å²) in [5.74, 6) is -2.06. The van der Waals surface area contributed by atoms with Gasteiger partial charge in [0.15, 0.2) is 0 Å². The van der Waals surface area contributed by atoms with E-state index in [1.165, 1.54) is 17.0 Å². The van der Waals surface area contributed by atoms with Crippen LogP contribution in [0.2, 0.25) is 0 Å². The van der Waals surface area contributed by atoms with Gasteiger partial charge in [-0.2, -0.15) is 0 Å². The third-order valence-electron chi connectivity index (χ3n) is 6.56. The lowest BCUT2D eigenvalue weighted by atomic mass is 9.95. The van der Waals surface area contributed by atoms with Gasteiger partial charge in [-0.15, -0.1) is 0 Å². The second kappa shape index (κ2) is 12.6. The van der Waals surface area contributed by atoms with Gasteiger partial charge in [0.05, 0.1) is 11.6 Å². The van der Waals surface area contributed by atoms with Crippen molar-refractivity contribution in [1.29, 1.82) is 0 Å². The van der Waals surface area contributed by atoms with E-state index in [0.29, 0.717) is 24.1 Å². The first-order valence-corrected chi connectivity index (χ1v) is 12.7. The van der Waals surface area contributed by atoms with Crippen molar-refractivity contribution in [1.82, 2.24) is 9.80 Å². The molecule has 3 rings (SSSR count). The maximum Gasteiger partial charge on any atom is 0.295 e. The van der Waals surface area contributed by atoms with Gasteiger partial charge >= 0.3 is 0 Å². The number of benzene rings is 2. The SMILES string of the molecule is CCCCN(CCCC)CCCN1C(=O)C(=O)C(=C(O)c2ccc(C)cc2)[C@@H]1c1cccc(F)c1. The number of Topliss-reactive ketones (excluding diaryl/α,β-unsaturated/α-hetero) is 1. The van der Waals surface area contributed by atoms with Crippen LogP contribution in [0.5, 0.6) is 0 Å². The number of nitrogens with zero attached hydrogens (tertiary/aromatic N) is 2. The number of carbonyl (C=O) groups is 2. The van der Waals surface area contributed by atoms with Gasteiger partial charge in [0.1, 0.15) is 11.6 Å². The minimum atomic E-state index is -0.827. The zero-order valence-corrected chi connectivity index (χ0v) is 21.1. The fraction of sp³-hybridized carbons (Fsp3) is 0.448. The molecule has 0 bridgehead atoms. The molecule has 1 aliphatic heterocycles. The Balaban J connectivity index is 1.91. The predicted octanol–water partition coefficient (Wildman–Crippen LogP) is 5.85. The molecule has 0 aromatic heterocycles. The molecule has 0 saturated carbocycles. The summed E-state index contributed by atoms with van der Waals surface area (Å²) in [5.41, 5.74) is 1.96. The first kappa shape index (κ1) is 26.6. The van der Waals surface area contributed by atoms with Gasteiger partial charge in [-0.05, 0) is 63.5 Å². The Morgan fingerprint density at radius 3 is 2.20 bits per heavy atom. The average Bonchev–Trinajstić information content (AvgIpc) is 3.10. The standard InChI is InChI=1S/C29H37FN2O3/c1-4-6-16-31(17-7-5-2)18-9-19-32-26(23-10-8-11-24(30)20-23)25(28(34)29(32)35)27(33)22-14-12-21(3)13-15-22/h8,10-15,20,26,33H,4-7,9,16-19H2,1-3H3/t26-/m0/s1. The van der Waals surface area contributed by atoms with Crippen molar-refractivity contribution in [2.45, 2.75) is 58.9 Å². The number of aliphatic hydroxyl groups excluding tert-OH is 1. The summed E-state index contributed by atoms with van der Waals surface area (Å²) in [6.07, 6.45) is 5.17. The van der Waals surface area contributed by atoms with Crippen molar-refractivity contribution in [2.24, 2.45) is 0 Å². The molecular weight excluding hydrogens is 443 g/mol. The van der Waals surface area contributed by atoms with E-state index >= 15 is 0 Å². The van der Waals surface area contributed by atoms with Crippen LogP contribution < -0.4 is 0 Å². The Morgan fingerprint density at radius 2 is 1.60 bits per heavy atom. The minimum absolute atomic E-state index is 0.0123. The molecule has 1 atom stereocenters. The topological polar surface area (TPSA) is 60.9 Å². The van der Waals surface area contributed by atoms with Gasteiger partial charge in [0.2, 0.25) is 0 Å². The Hall–Kier alpha value is -2.99. The normalized spacial score (nSPS) is 17.5. The number of rotatable bonds is 12. The molecule has 0 aliphatic carbocycles. The highest BCUT2D eigenvalue weighted by molar-refractivity contribution is 6.46. The highest BCUT2D eigenvalue weighted by atomic mass is 19.1. The first-order valence-electron chi connectivity index (χ1n) is 12.7. The van der Waals surface area contributed by atoms with Crippen LogP contribution in [-0.4, -0.2) is 52.8 Å². The Kier molecular flexibility index (Phi) is 9.61. The molecular formula is C29H37FN2O3. The molecule has 2 aromatic carbocycles. The number of halogens is 1. The number of likely N-dealkylation sites (tertiary alicyclic amines) is 1. The molecule has 0 unspecified atom stereocenters. The second-order valence-electron chi connectivity index (χ2n) is 9.32. The molecule has 5 nitrogen and oxygen atoms in total. The molecule has 1 aliphatic rings. The molecule has 1 fully saturated rings. The summed E-state index contributed by atoms with van der Waals surface area (Å²) >= 11 is 0. The number of unbranched alkanes of at least 4 members (excludes halogenated alkanes) is 2. The van der Waals surface area contributed by atoms with Gasteiger partial charge in [0, 0.05) is 12.1 Å². The molecule has 1 amide bonds. The fourth-order valence-electron chi connectivity index (χ4n) is 4.56. The Labute approximate surface area is 208 Å². The number of aryl methyl sites for hydroxylation is 1. The van der Waals surface area contributed by atoms with Crippen molar-refractivity contribution in [3.8, 4) is 0 Å². The van der Waals surface area contributed by atoms with Gasteiger partial charge in [-0.3, -0.25) is 9.59 Å². The van der Waals surface area contributed by atoms with Crippen LogP contribution in [0.15, 0.2) is 54.1 Å². The van der Waals surface area contributed by atoms with Crippen LogP contribution in [-0.2, 0) is 9.59 Å². The summed E-state index contributed by atoms with van der Waals surface area (Å²) in [7, 11) is 0. The maximum absolute atomic E-state index is 14.2. The van der Waals surface area contributed by atoms with E-state index in [2.05, 4.69) is 18.7 Å². The zero-order chi connectivity index (χ0) is 25.4. The van der Waals surface area contributed by atoms with Gasteiger partial charge < -0.3 is 14.9 Å². The Morgan fingerprint density at radius 1 is 0.971 bits per heavy atom. The number of aliphatic hydroxyl groups is 1. The molecule has 0 spiro atoms. The summed E-state index contributed by atoms with van der Waals surface area (Å²) in [6.45, 7) is 9.46. The predicted molar refractivity (Wildman–Crippen MR) is 137 cm³/mol. The van der Waals surface area contributed by atoms with Crippen LogP contribution in [0.1, 0.15) is 68.7 Å². The summed E-state index contributed by atoms with van der Waals surface area (Å²) < 4.78 is 14.2. The van der Waals surface area contributed by atoms with E-state index in [1.807, 2.05) is 19.1 Å². The molecule has 6 heteroatoms. The average molecular weight is 481 g/mol. The van der Waals surface area contributed by atoms with Crippen LogP contribution in [0.3, 0.4) is 0 Å². The summed E-state index contributed by atoms with van der Waals surface area (Å²) in [5, 5.41) is 11.1. The zero-order valence-electron chi connectivity index (χ0n) is 21.1. The van der Waals surface area contributed by atoms with E-state index in [-0.39, 0.29) is 11.3 Å². The van der Waals surface area contributed by atoms with Gasteiger partial charge in [-0.25, -0.2) is 4.39 Å². The van der Waals surface area contributed by atoms with Crippen LogP contribution >= 0.6 is 0 Å². The summed E-state index contributed by atoms with van der Waals surface area (Å²) in [6, 6.07) is 12.2. The van der Waals surface area contributed by atoms with Crippen molar-refractivity contribution in [3.63, 3.8) is 0 Å². The van der Waals surface area contributed by atoms with Crippen molar-refractivity contribution in [3.05, 3.63) is 76.6 Å². The number of hydrogen-bond acceptors (Lipinski definition) is 4. The van der Waals surface area contributed by atoms with Crippen LogP contribution in [0, 0.1) is 12.7 Å². The van der Waals surface area contributed by atoms with E-state index in [4.69, 9.17) is 0 Å². The second-order valence-corrected chi connectivity index (χ2v) is 9.32. The van der Waals surface area contributed by atoms with Crippen molar-refractivity contribution < 1.29 is 19.1 Å². The lowest BCUT2D eigenvalue weighted by Gasteiger charge is -2.27. The molecule has 1 heterocycles. The van der Waals surface area contributed by atoms with Crippen molar-refractivity contribution in [2.75, 3.05) is 26.2 Å². The summed E-state index contributed by atoms with van der Waals surface area (Å²) in [4.78, 5) is 30.2. The molecule has 1 N–H and O–H groups in total.